The summed E-state index contributed by atoms with van der Waals surface area (Å²) >= 11 is 0. The SMILES string of the molecule is CC(C)[C@H](NC(=O)OCc1ccccc1)C(=O)N[C@@H](CC(=O)O)C(=O)COc1cc(C(F)(F)F)nn1-c1ccccc1. The molecule has 1 aromatic heterocycles. The van der Waals surface area contributed by atoms with Gasteiger partial charge in [0.1, 0.15) is 18.7 Å². The minimum absolute atomic E-state index is 0.0633. The first-order valence-electron chi connectivity index (χ1n) is 12.7. The number of carboxylic acids is 1. The first-order chi connectivity index (χ1) is 19.8. The molecule has 42 heavy (non-hydrogen) atoms. The number of ketones is 1. The number of rotatable bonds is 13. The second-order valence-electron chi connectivity index (χ2n) is 9.45. The fraction of sp³-hybridized carbons (Fsp3) is 0.321. The van der Waals surface area contributed by atoms with E-state index in [0.29, 0.717) is 11.6 Å². The maximum absolute atomic E-state index is 13.3. The number of alkyl carbamates (subject to hydrolysis) is 1. The minimum atomic E-state index is -4.80. The van der Waals surface area contributed by atoms with Gasteiger partial charge in [-0.25, -0.2) is 9.48 Å². The van der Waals surface area contributed by atoms with Crippen LogP contribution in [0.1, 0.15) is 31.5 Å². The van der Waals surface area contributed by atoms with Gasteiger partial charge >= 0.3 is 18.2 Å². The topological polar surface area (TPSA) is 149 Å². The molecule has 0 saturated heterocycles. The van der Waals surface area contributed by atoms with Crippen molar-refractivity contribution < 1.29 is 46.9 Å². The van der Waals surface area contributed by atoms with Gasteiger partial charge in [0.25, 0.3) is 0 Å². The van der Waals surface area contributed by atoms with Crippen molar-refractivity contribution in [3.63, 3.8) is 0 Å². The number of carbonyl (C=O) groups excluding carboxylic acids is 3. The lowest BCUT2D eigenvalue weighted by Crippen LogP contribution is -2.54. The number of Topliss-reactive ketones (excluding diaryl/α,β-unsaturated/α-hetero) is 1. The normalized spacial score (nSPS) is 12.7. The van der Waals surface area contributed by atoms with Crippen LogP contribution in [0.5, 0.6) is 5.88 Å². The van der Waals surface area contributed by atoms with Crippen molar-refractivity contribution in [3.05, 3.63) is 78.0 Å². The lowest BCUT2D eigenvalue weighted by atomic mass is 10.0. The molecule has 0 radical (unpaired) electrons. The van der Waals surface area contributed by atoms with Crippen molar-refractivity contribution >= 4 is 23.8 Å². The van der Waals surface area contributed by atoms with Gasteiger partial charge in [0, 0.05) is 6.07 Å². The van der Waals surface area contributed by atoms with Crippen LogP contribution in [0, 0.1) is 5.92 Å². The molecule has 2 amide bonds. The Bertz CT molecular complexity index is 1380. The number of hydrogen-bond donors (Lipinski definition) is 3. The molecular weight excluding hydrogens is 561 g/mol. The first-order valence-corrected chi connectivity index (χ1v) is 12.7. The Hall–Kier alpha value is -4.88. The smallest absolute Gasteiger partial charge is 0.435 e. The zero-order valence-electron chi connectivity index (χ0n) is 22.6. The van der Waals surface area contributed by atoms with Crippen LogP contribution in [0.4, 0.5) is 18.0 Å². The number of carboxylic acid groups (broad SMARTS) is 1. The summed E-state index contributed by atoms with van der Waals surface area (Å²) in [4.78, 5) is 49.7. The summed E-state index contributed by atoms with van der Waals surface area (Å²) in [5.41, 5.74) is -0.341. The van der Waals surface area contributed by atoms with Gasteiger partial charge < -0.3 is 25.2 Å². The van der Waals surface area contributed by atoms with Gasteiger partial charge in [-0.05, 0) is 23.6 Å². The van der Waals surface area contributed by atoms with Crippen LogP contribution >= 0.6 is 0 Å². The number of carbonyl (C=O) groups is 4. The summed E-state index contributed by atoms with van der Waals surface area (Å²) < 4.78 is 51.3. The molecule has 2 atom stereocenters. The van der Waals surface area contributed by atoms with E-state index in [1.54, 1.807) is 62.4 Å². The maximum atomic E-state index is 13.3. The van der Waals surface area contributed by atoms with Crippen LogP contribution in [0.3, 0.4) is 0 Å². The standard InChI is InChI=1S/C28H29F3N4O7/c1-17(2)25(33-27(40)42-15-18-9-5-3-6-10-18)26(39)32-20(13-24(37)38)21(36)16-41-23-14-22(28(29,30)31)34-35(23)19-11-7-4-8-12-19/h3-12,14,17,20,25H,13,15-16H2,1-2H3,(H,32,39)(H,33,40)(H,37,38)/t20-,25-/m0/s1. The molecule has 0 saturated carbocycles. The van der Waals surface area contributed by atoms with Crippen molar-refractivity contribution in [2.45, 2.75) is 45.1 Å². The zero-order valence-corrected chi connectivity index (χ0v) is 22.6. The molecule has 0 bridgehead atoms. The Balaban J connectivity index is 1.70. The number of halogens is 3. The van der Waals surface area contributed by atoms with Crippen molar-refractivity contribution in [1.29, 1.82) is 0 Å². The van der Waals surface area contributed by atoms with Crippen molar-refractivity contribution in [2.24, 2.45) is 5.92 Å². The summed E-state index contributed by atoms with van der Waals surface area (Å²) in [5.74, 6) is -4.15. The van der Waals surface area contributed by atoms with Crippen LogP contribution in [0.15, 0.2) is 66.7 Å². The van der Waals surface area contributed by atoms with E-state index in [1.165, 1.54) is 12.1 Å². The van der Waals surface area contributed by atoms with Gasteiger partial charge in [0.05, 0.1) is 12.1 Å². The quantitative estimate of drug-likeness (QED) is 0.273. The van der Waals surface area contributed by atoms with E-state index in [1.807, 2.05) is 0 Å². The highest BCUT2D eigenvalue weighted by atomic mass is 19.4. The number of ether oxygens (including phenoxy) is 2. The van der Waals surface area contributed by atoms with Crippen LogP contribution in [0.2, 0.25) is 0 Å². The Morgan fingerprint density at radius 1 is 0.976 bits per heavy atom. The average Bonchev–Trinajstić information content (AvgIpc) is 3.39. The predicted molar refractivity (Wildman–Crippen MR) is 142 cm³/mol. The Morgan fingerprint density at radius 3 is 2.17 bits per heavy atom. The fourth-order valence-corrected chi connectivity index (χ4v) is 3.71. The lowest BCUT2D eigenvalue weighted by Gasteiger charge is -2.24. The van der Waals surface area contributed by atoms with E-state index in [-0.39, 0.29) is 12.3 Å². The van der Waals surface area contributed by atoms with E-state index in [9.17, 15) is 37.5 Å². The highest BCUT2D eigenvalue weighted by molar-refractivity contribution is 5.95. The number of alkyl halides is 3. The van der Waals surface area contributed by atoms with Crippen molar-refractivity contribution in [2.75, 3.05) is 6.61 Å². The number of nitrogens with zero attached hydrogens (tertiary/aromatic N) is 2. The van der Waals surface area contributed by atoms with Gasteiger partial charge in [-0.1, -0.05) is 62.4 Å². The molecule has 3 rings (SSSR count). The Kier molecular flexibility index (Phi) is 10.7. The summed E-state index contributed by atoms with van der Waals surface area (Å²) in [6.07, 6.45) is -6.56. The second kappa shape index (κ2) is 14.1. The van der Waals surface area contributed by atoms with Crippen LogP contribution in [0.25, 0.3) is 5.69 Å². The highest BCUT2D eigenvalue weighted by Crippen LogP contribution is 2.32. The number of amides is 2. The maximum Gasteiger partial charge on any atom is 0.435 e. The summed E-state index contributed by atoms with van der Waals surface area (Å²) in [6, 6.07) is 14.3. The van der Waals surface area contributed by atoms with Crippen LogP contribution < -0.4 is 15.4 Å². The highest BCUT2D eigenvalue weighted by Gasteiger charge is 2.36. The first kappa shape index (κ1) is 31.6. The van der Waals surface area contributed by atoms with Crippen molar-refractivity contribution in [3.8, 4) is 11.6 Å². The third kappa shape index (κ3) is 9.08. The number of aliphatic carboxylic acids is 1. The average molecular weight is 591 g/mol. The van der Waals surface area contributed by atoms with E-state index >= 15 is 0 Å². The van der Waals surface area contributed by atoms with E-state index in [2.05, 4.69) is 15.7 Å². The predicted octanol–water partition coefficient (Wildman–Crippen LogP) is 3.75. The van der Waals surface area contributed by atoms with E-state index in [4.69, 9.17) is 9.47 Å². The number of nitrogens with one attached hydrogen (secondary N) is 2. The molecule has 0 unspecified atom stereocenters. The molecule has 0 fully saturated rings. The molecule has 11 nitrogen and oxygen atoms in total. The number of para-hydroxylation sites is 1. The molecule has 0 spiro atoms. The summed E-state index contributed by atoms with van der Waals surface area (Å²) in [5, 5.41) is 17.5. The molecule has 2 aromatic carbocycles. The number of hydrogen-bond acceptors (Lipinski definition) is 7. The molecule has 224 valence electrons. The summed E-state index contributed by atoms with van der Waals surface area (Å²) in [7, 11) is 0. The molecule has 3 aromatic rings. The number of aromatic nitrogens is 2. The van der Waals surface area contributed by atoms with Crippen molar-refractivity contribution in [1.82, 2.24) is 20.4 Å². The number of benzene rings is 2. The fourth-order valence-electron chi connectivity index (χ4n) is 3.71. The monoisotopic (exact) mass is 590 g/mol. The van der Waals surface area contributed by atoms with Gasteiger partial charge in [-0.15, -0.1) is 0 Å². The Labute approximate surface area is 238 Å². The molecule has 14 heteroatoms. The Morgan fingerprint density at radius 2 is 1.60 bits per heavy atom. The van der Waals surface area contributed by atoms with Crippen LogP contribution in [-0.4, -0.2) is 57.3 Å². The van der Waals surface area contributed by atoms with E-state index in [0.717, 1.165) is 4.68 Å². The van der Waals surface area contributed by atoms with Gasteiger partial charge in [0.15, 0.2) is 18.1 Å². The third-order valence-electron chi connectivity index (χ3n) is 5.85. The van der Waals surface area contributed by atoms with Crippen LogP contribution in [-0.2, 0) is 31.9 Å². The largest absolute Gasteiger partial charge is 0.481 e. The lowest BCUT2D eigenvalue weighted by molar-refractivity contribution is -0.142. The van der Waals surface area contributed by atoms with Gasteiger partial charge in [-0.3, -0.25) is 14.4 Å². The second-order valence-corrected chi connectivity index (χ2v) is 9.45. The molecule has 1 heterocycles. The molecular formula is C28H29F3N4O7. The van der Waals surface area contributed by atoms with E-state index < -0.39 is 72.5 Å². The minimum Gasteiger partial charge on any atom is -0.481 e. The zero-order chi connectivity index (χ0) is 30.9. The summed E-state index contributed by atoms with van der Waals surface area (Å²) in [6.45, 7) is 2.28. The molecule has 3 N–H and O–H groups in total. The molecule has 0 aliphatic carbocycles. The van der Waals surface area contributed by atoms with Gasteiger partial charge in [-0.2, -0.15) is 18.3 Å². The molecule has 0 aliphatic rings. The molecule has 0 aliphatic heterocycles. The third-order valence-corrected chi connectivity index (χ3v) is 5.85. The van der Waals surface area contributed by atoms with Gasteiger partial charge in [0.2, 0.25) is 11.8 Å².